The zero-order valence-electron chi connectivity index (χ0n) is 13.5. The smallest absolute Gasteiger partial charge is 0.306 e. The quantitative estimate of drug-likeness (QED) is 0.790. The van der Waals surface area contributed by atoms with Gasteiger partial charge in [-0.2, -0.15) is 0 Å². The fourth-order valence-electron chi connectivity index (χ4n) is 2.32. The zero-order valence-corrected chi connectivity index (χ0v) is 13.5. The molecule has 122 valence electrons. The van der Waals surface area contributed by atoms with Gasteiger partial charge in [0.25, 0.3) is 0 Å². The third-order valence-electron chi connectivity index (χ3n) is 3.47. The highest BCUT2D eigenvalue weighted by Crippen LogP contribution is 2.22. The van der Waals surface area contributed by atoms with Crippen molar-refractivity contribution in [2.45, 2.75) is 33.3 Å². The lowest BCUT2D eigenvalue weighted by Crippen LogP contribution is -2.05. The van der Waals surface area contributed by atoms with E-state index in [1.807, 2.05) is 31.2 Å². The SMILES string of the molecule is CCOC(=O)CCc1ccc(OCc2cccc(O)c2)c(C)c1. The molecule has 0 bridgehead atoms. The van der Waals surface area contributed by atoms with Gasteiger partial charge in [0.2, 0.25) is 0 Å². The van der Waals surface area contributed by atoms with Crippen molar-refractivity contribution < 1.29 is 19.4 Å². The Kier molecular flexibility index (Phi) is 6.03. The fourth-order valence-corrected chi connectivity index (χ4v) is 2.32. The van der Waals surface area contributed by atoms with Crippen LogP contribution < -0.4 is 4.74 Å². The Morgan fingerprint density at radius 1 is 1.13 bits per heavy atom. The van der Waals surface area contributed by atoms with Gasteiger partial charge >= 0.3 is 5.97 Å². The maximum absolute atomic E-state index is 11.4. The third kappa shape index (κ3) is 5.33. The molecule has 0 heterocycles. The molecule has 2 aromatic rings. The van der Waals surface area contributed by atoms with Gasteiger partial charge < -0.3 is 14.6 Å². The highest BCUT2D eigenvalue weighted by atomic mass is 16.5. The van der Waals surface area contributed by atoms with Crippen LogP contribution in [-0.2, 0) is 22.6 Å². The van der Waals surface area contributed by atoms with Gasteiger partial charge in [0, 0.05) is 6.42 Å². The number of rotatable bonds is 7. The summed E-state index contributed by atoms with van der Waals surface area (Å²) in [5.41, 5.74) is 3.02. The highest BCUT2D eigenvalue weighted by molar-refractivity contribution is 5.69. The average Bonchev–Trinajstić information content (AvgIpc) is 2.52. The summed E-state index contributed by atoms with van der Waals surface area (Å²) in [7, 11) is 0. The first-order valence-electron chi connectivity index (χ1n) is 7.74. The molecule has 0 spiro atoms. The minimum absolute atomic E-state index is 0.172. The van der Waals surface area contributed by atoms with E-state index in [4.69, 9.17) is 9.47 Å². The molecule has 0 aliphatic carbocycles. The summed E-state index contributed by atoms with van der Waals surface area (Å²) in [5, 5.41) is 9.45. The van der Waals surface area contributed by atoms with Crippen LogP contribution in [0.4, 0.5) is 0 Å². The molecule has 4 heteroatoms. The number of aryl methyl sites for hydroxylation is 2. The van der Waals surface area contributed by atoms with E-state index in [0.29, 0.717) is 26.1 Å². The van der Waals surface area contributed by atoms with E-state index in [2.05, 4.69) is 0 Å². The highest BCUT2D eigenvalue weighted by Gasteiger charge is 2.06. The predicted octanol–water partition coefficient (Wildman–Crippen LogP) is 3.78. The first kappa shape index (κ1) is 16.9. The van der Waals surface area contributed by atoms with E-state index >= 15 is 0 Å². The molecule has 2 aromatic carbocycles. The molecule has 23 heavy (non-hydrogen) atoms. The van der Waals surface area contributed by atoms with E-state index < -0.39 is 0 Å². The van der Waals surface area contributed by atoms with Crippen LogP contribution in [0.5, 0.6) is 11.5 Å². The van der Waals surface area contributed by atoms with Crippen LogP contribution >= 0.6 is 0 Å². The normalized spacial score (nSPS) is 10.3. The molecule has 0 atom stereocenters. The fraction of sp³-hybridized carbons (Fsp3) is 0.316. The minimum Gasteiger partial charge on any atom is -0.508 e. The number of ether oxygens (including phenoxy) is 2. The largest absolute Gasteiger partial charge is 0.508 e. The van der Waals surface area contributed by atoms with E-state index in [-0.39, 0.29) is 11.7 Å². The second-order valence-corrected chi connectivity index (χ2v) is 5.36. The number of phenolic OH excluding ortho intramolecular Hbond substituents is 1. The molecule has 0 unspecified atom stereocenters. The second-order valence-electron chi connectivity index (χ2n) is 5.36. The monoisotopic (exact) mass is 314 g/mol. The summed E-state index contributed by atoms with van der Waals surface area (Å²) in [6.45, 7) is 4.60. The first-order valence-corrected chi connectivity index (χ1v) is 7.74. The molecule has 0 amide bonds. The van der Waals surface area contributed by atoms with Crippen LogP contribution in [0.2, 0.25) is 0 Å². The van der Waals surface area contributed by atoms with Gasteiger partial charge in [-0.05, 0) is 55.2 Å². The number of esters is 1. The molecule has 0 saturated carbocycles. The summed E-state index contributed by atoms with van der Waals surface area (Å²) in [6, 6.07) is 12.9. The number of phenols is 1. The number of hydrogen-bond donors (Lipinski definition) is 1. The van der Waals surface area contributed by atoms with Crippen LogP contribution in [0.25, 0.3) is 0 Å². The van der Waals surface area contributed by atoms with Crippen molar-refractivity contribution in [1.82, 2.24) is 0 Å². The van der Waals surface area contributed by atoms with E-state index in [1.165, 1.54) is 0 Å². The van der Waals surface area contributed by atoms with E-state index in [0.717, 1.165) is 22.4 Å². The molecule has 1 N–H and O–H groups in total. The number of aromatic hydroxyl groups is 1. The van der Waals surface area contributed by atoms with Gasteiger partial charge in [-0.15, -0.1) is 0 Å². The van der Waals surface area contributed by atoms with Gasteiger partial charge in [0.05, 0.1) is 6.61 Å². The maximum atomic E-state index is 11.4. The minimum atomic E-state index is -0.172. The molecular formula is C19H22O4. The molecule has 0 radical (unpaired) electrons. The van der Waals surface area contributed by atoms with Crippen LogP contribution in [0.1, 0.15) is 30.0 Å². The van der Waals surface area contributed by atoms with E-state index in [9.17, 15) is 9.90 Å². The van der Waals surface area contributed by atoms with Crippen molar-refractivity contribution in [2.24, 2.45) is 0 Å². The Morgan fingerprint density at radius 2 is 1.96 bits per heavy atom. The number of carbonyl (C=O) groups excluding carboxylic acids is 1. The van der Waals surface area contributed by atoms with Crippen LogP contribution in [0.3, 0.4) is 0 Å². The van der Waals surface area contributed by atoms with Gasteiger partial charge in [0.15, 0.2) is 0 Å². The average molecular weight is 314 g/mol. The molecule has 0 aromatic heterocycles. The number of benzene rings is 2. The number of carbonyl (C=O) groups is 1. The van der Waals surface area contributed by atoms with Crippen molar-refractivity contribution in [3.8, 4) is 11.5 Å². The number of hydrogen-bond acceptors (Lipinski definition) is 4. The standard InChI is InChI=1S/C19H22O4/c1-3-22-19(21)10-8-15-7-9-18(14(2)11-15)23-13-16-5-4-6-17(20)12-16/h4-7,9,11-12,20H,3,8,10,13H2,1-2H3. The Bertz CT molecular complexity index is 664. The van der Waals surface area contributed by atoms with Crippen molar-refractivity contribution in [1.29, 1.82) is 0 Å². The lowest BCUT2D eigenvalue weighted by atomic mass is 10.1. The molecule has 2 rings (SSSR count). The second kappa shape index (κ2) is 8.22. The summed E-state index contributed by atoms with van der Waals surface area (Å²) < 4.78 is 10.7. The summed E-state index contributed by atoms with van der Waals surface area (Å²) >= 11 is 0. The topological polar surface area (TPSA) is 55.8 Å². The molecule has 0 aliphatic rings. The predicted molar refractivity (Wildman–Crippen MR) is 88.6 cm³/mol. The van der Waals surface area contributed by atoms with Crippen LogP contribution in [0.15, 0.2) is 42.5 Å². The summed E-state index contributed by atoms with van der Waals surface area (Å²) in [5.74, 6) is 0.861. The van der Waals surface area contributed by atoms with Gasteiger partial charge in [-0.1, -0.05) is 24.3 Å². The summed E-state index contributed by atoms with van der Waals surface area (Å²) in [4.78, 5) is 11.4. The Balaban J connectivity index is 1.92. The van der Waals surface area contributed by atoms with Crippen LogP contribution in [0, 0.1) is 6.92 Å². The van der Waals surface area contributed by atoms with Gasteiger partial charge in [0.1, 0.15) is 18.1 Å². The Hall–Kier alpha value is -2.49. The van der Waals surface area contributed by atoms with Crippen LogP contribution in [-0.4, -0.2) is 17.7 Å². The van der Waals surface area contributed by atoms with Crippen molar-refractivity contribution in [3.05, 3.63) is 59.2 Å². The Labute approximate surface area is 136 Å². The molecule has 0 fully saturated rings. The van der Waals surface area contributed by atoms with Crippen molar-refractivity contribution in [2.75, 3.05) is 6.61 Å². The molecular weight excluding hydrogens is 292 g/mol. The third-order valence-corrected chi connectivity index (χ3v) is 3.47. The van der Waals surface area contributed by atoms with Gasteiger partial charge in [-0.25, -0.2) is 0 Å². The lowest BCUT2D eigenvalue weighted by molar-refractivity contribution is -0.143. The molecule has 0 saturated heterocycles. The molecule has 4 nitrogen and oxygen atoms in total. The van der Waals surface area contributed by atoms with E-state index in [1.54, 1.807) is 25.1 Å². The Morgan fingerprint density at radius 3 is 2.65 bits per heavy atom. The van der Waals surface area contributed by atoms with Crippen molar-refractivity contribution >= 4 is 5.97 Å². The zero-order chi connectivity index (χ0) is 16.7. The summed E-state index contributed by atoms with van der Waals surface area (Å²) in [6.07, 6.45) is 1.04. The maximum Gasteiger partial charge on any atom is 0.306 e. The lowest BCUT2D eigenvalue weighted by Gasteiger charge is -2.11. The van der Waals surface area contributed by atoms with Crippen molar-refractivity contribution in [3.63, 3.8) is 0 Å². The van der Waals surface area contributed by atoms with Gasteiger partial charge in [-0.3, -0.25) is 4.79 Å². The molecule has 0 aliphatic heterocycles. The first-order chi connectivity index (χ1) is 11.1.